The molecule has 0 aromatic carbocycles. The van der Waals surface area contributed by atoms with Gasteiger partial charge < -0.3 is 14.2 Å². The highest BCUT2D eigenvalue weighted by Crippen LogP contribution is 2.35. The normalized spacial score (nSPS) is 18.9. The van der Waals surface area contributed by atoms with Crippen LogP contribution in [0.3, 0.4) is 0 Å². The average molecular weight is 214 g/mol. The standard InChI is InChI=1S/C11H18O4/c1-4-13-10(12)8-7-9(8)11(14-5-2)15-6-3/h7-8,11H,4-6H2,1-3H3/t8-/m0/s1. The van der Waals surface area contributed by atoms with Gasteiger partial charge in [-0.3, -0.25) is 4.79 Å². The Morgan fingerprint density at radius 3 is 2.33 bits per heavy atom. The van der Waals surface area contributed by atoms with Crippen LogP contribution in [-0.2, 0) is 19.0 Å². The molecule has 1 aliphatic rings. The molecule has 4 nitrogen and oxygen atoms in total. The van der Waals surface area contributed by atoms with E-state index in [4.69, 9.17) is 14.2 Å². The minimum Gasteiger partial charge on any atom is -0.465 e. The second kappa shape index (κ2) is 5.88. The van der Waals surface area contributed by atoms with Gasteiger partial charge in [0.25, 0.3) is 0 Å². The van der Waals surface area contributed by atoms with Crippen LogP contribution < -0.4 is 0 Å². The molecule has 0 bridgehead atoms. The van der Waals surface area contributed by atoms with E-state index in [1.54, 1.807) is 6.92 Å². The van der Waals surface area contributed by atoms with Crippen LogP contribution in [-0.4, -0.2) is 32.1 Å². The lowest BCUT2D eigenvalue weighted by molar-refractivity contribution is -0.146. The van der Waals surface area contributed by atoms with E-state index >= 15 is 0 Å². The fourth-order valence-corrected chi connectivity index (χ4v) is 1.35. The van der Waals surface area contributed by atoms with Crippen LogP contribution in [0.4, 0.5) is 0 Å². The zero-order chi connectivity index (χ0) is 11.3. The van der Waals surface area contributed by atoms with Crippen molar-refractivity contribution >= 4 is 5.97 Å². The van der Waals surface area contributed by atoms with E-state index in [0.717, 1.165) is 5.57 Å². The number of rotatable bonds is 7. The van der Waals surface area contributed by atoms with Crippen molar-refractivity contribution in [3.63, 3.8) is 0 Å². The van der Waals surface area contributed by atoms with Crippen LogP contribution in [0.2, 0.25) is 0 Å². The smallest absolute Gasteiger partial charge is 0.317 e. The molecular formula is C11H18O4. The summed E-state index contributed by atoms with van der Waals surface area (Å²) >= 11 is 0. The molecule has 1 aliphatic carbocycles. The van der Waals surface area contributed by atoms with E-state index in [2.05, 4.69) is 0 Å². The Balaban J connectivity index is 2.38. The highest BCUT2D eigenvalue weighted by atomic mass is 16.7. The molecule has 0 N–H and O–H groups in total. The third kappa shape index (κ3) is 3.32. The minimum atomic E-state index is -0.380. The first-order valence-corrected chi connectivity index (χ1v) is 5.36. The maximum Gasteiger partial charge on any atom is 0.317 e. The molecule has 0 spiro atoms. The molecule has 0 aromatic rings. The predicted octanol–water partition coefficient (Wildman–Crippen LogP) is 1.50. The largest absolute Gasteiger partial charge is 0.465 e. The van der Waals surface area contributed by atoms with Gasteiger partial charge in [0.15, 0.2) is 6.29 Å². The molecule has 0 radical (unpaired) electrons. The van der Waals surface area contributed by atoms with Crippen molar-refractivity contribution in [2.24, 2.45) is 5.92 Å². The van der Waals surface area contributed by atoms with Gasteiger partial charge in [-0.05, 0) is 20.8 Å². The zero-order valence-electron chi connectivity index (χ0n) is 9.49. The van der Waals surface area contributed by atoms with E-state index < -0.39 is 0 Å². The Morgan fingerprint density at radius 2 is 1.87 bits per heavy atom. The number of hydrogen-bond donors (Lipinski definition) is 0. The molecular weight excluding hydrogens is 196 g/mol. The van der Waals surface area contributed by atoms with Gasteiger partial charge in [-0.1, -0.05) is 6.08 Å². The van der Waals surface area contributed by atoms with Gasteiger partial charge in [-0.2, -0.15) is 0 Å². The van der Waals surface area contributed by atoms with Crippen molar-refractivity contribution in [1.29, 1.82) is 0 Å². The number of ether oxygens (including phenoxy) is 3. The summed E-state index contributed by atoms with van der Waals surface area (Å²) in [5.41, 5.74) is 0.886. The van der Waals surface area contributed by atoms with Crippen molar-refractivity contribution in [2.75, 3.05) is 19.8 Å². The average Bonchev–Trinajstić information content (AvgIpc) is 2.97. The lowest BCUT2D eigenvalue weighted by Gasteiger charge is -2.14. The summed E-state index contributed by atoms with van der Waals surface area (Å²) in [5.74, 6) is -0.440. The van der Waals surface area contributed by atoms with Gasteiger partial charge in [0.2, 0.25) is 0 Å². The van der Waals surface area contributed by atoms with Gasteiger partial charge in [-0.15, -0.1) is 0 Å². The van der Waals surface area contributed by atoms with Crippen LogP contribution in [0.1, 0.15) is 20.8 Å². The molecule has 1 atom stereocenters. The van der Waals surface area contributed by atoms with Gasteiger partial charge in [0, 0.05) is 18.8 Å². The fraction of sp³-hybridized carbons (Fsp3) is 0.727. The summed E-state index contributed by atoms with van der Waals surface area (Å²) in [6.45, 7) is 7.13. The molecule has 0 unspecified atom stereocenters. The summed E-state index contributed by atoms with van der Waals surface area (Å²) in [7, 11) is 0. The molecule has 0 fully saturated rings. The molecule has 0 saturated heterocycles. The molecule has 86 valence electrons. The monoisotopic (exact) mass is 214 g/mol. The van der Waals surface area contributed by atoms with Crippen molar-refractivity contribution in [1.82, 2.24) is 0 Å². The predicted molar refractivity (Wildman–Crippen MR) is 55.2 cm³/mol. The second-order valence-corrected chi connectivity index (χ2v) is 3.14. The van der Waals surface area contributed by atoms with Gasteiger partial charge >= 0.3 is 5.97 Å². The Labute approximate surface area is 90.2 Å². The Hall–Kier alpha value is -0.870. The van der Waals surface area contributed by atoms with E-state index in [1.165, 1.54) is 0 Å². The molecule has 0 heterocycles. The number of carbonyl (C=O) groups is 1. The molecule has 4 heteroatoms. The molecule has 1 rings (SSSR count). The maximum atomic E-state index is 11.3. The van der Waals surface area contributed by atoms with Gasteiger partial charge in [-0.25, -0.2) is 0 Å². The fourth-order valence-electron chi connectivity index (χ4n) is 1.35. The first-order valence-electron chi connectivity index (χ1n) is 5.36. The first kappa shape index (κ1) is 12.2. The quantitative estimate of drug-likeness (QED) is 0.366. The van der Waals surface area contributed by atoms with Crippen molar-refractivity contribution < 1.29 is 19.0 Å². The Kier molecular flexibility index (Phi) is 4.78. The van der Waals surface area contributed by atoms with Crippen LogP contribution in [0, 0.1) is 5.92 Å². The van der Waals surface area contributed by atoms with Crippen LogP contribution >= 0.6 is 0 Å². The van der Waals surface area contributed by atoms with E-state index in [1.807, 2.05) is 19.9 Å². The summed E-state index contributed by atoms with van der Waals surface area (Å²) in [4.78, 5) is 11.3. The number of carbonyl (C=O) groups excluding carboxylic acids is 1. The number of esters is 1. The van der Waals surface area contributed by atoms with Crippen molar-refractivity contribution in [3.05, 3.63) is 11.6 Å². The van der Waals surface area contributed by atoms with Crippen LogP contribution in [0.25, 0.3) is 0 Å². The second-order valence-electron chi connectivity index (χ2n) is 3.14. The number of hydrogen-bond acceptors (Lipinski definition) is 4. The van der Waals surface area contributed by atoms with Gasteiger partial charge in [0.1, 0.15) is 5.92 Å². The minimum absolute atomic E-state index is 0.211. The van der Waals surface area contributed by atoms with E-state index in [0.29, 0.717) is 19.8 Å². The van der Waals surface area contributed by atoms with Crippen LogP contribution in [0.15, 0.2) is 11.6 Å². The van der Waals surface area contributed by atoms with E-state index in [-0.39, 0.29) is 18.2 Å². The Bertz CT molecular complexity index is 241. The van der Waals surface area contributed by atoms with Gasteiger partial charge in [0.05, 0.1) is 6.61 Å². The molecule has 15 heavy (non-hydrogen) atoms. The van der Waals surface area contributed by atoms with E-state index in [9.17, 15) is 4.79 Å². The summed E-state index contributed by atoms with van der Waals surface area (Å²) in [6, 6.07) is 0. The molecule has 0 amide bonds. The lowest BCUT2D eigenvalue weighted by atomic mass is 10.3. The third-order valence-electron chi connectivity index (χ3n) is 2.06. The summed E-state index contributed by atoms with van der Waals surface area (Å²) in [6.07, 6.45) is 1.45. The first-order chi connectivity index (χ1) is 7.24. The van der Waals surface area contributed by atoms with Crippen molar-refractivity contribution in [2.45, 2.75) is 27.1 Å². The highest BCUT2D eigenvalue weighted by molar-refractivity contribution is 5.83. The maximum absolute atomic E-state index is 11.3. The zero-order valence-corrected chi connectivity index (χ0v) is 9.49. The van der Waals surface area contributed by atoms with Crippen LogP contribution in [0.5, 0.6) is 0 Å². The molecule has 0 aliphatic heterocycles. The summed E-state index contributed by atoms with van der Waals surface area (Å²) in [5, 5.41) is 0. The Morgan fingerprint density at radius 1 is 1.27 bits per heavy atom. The summed E-state index contributed by atoms with van der Waals surface area (Å²) < 4.78 is 15.6. The third-order valence-corrected chi connectivity index (χ3v) is 2.06. The molecule has 0 aromatic heterocycles. The molecule has 0 saturated carbocycles. The van der Waals surface area contributed by atoms with Crippen molar-refractivity contribution in [3.8, 4) is 0 Å². The SMILES string of the molecule is CCOC(=O)[C@H]1C=C1C(OCC)OCC. The lowest BCUT2D eigenvalue weighted by Crippen LogP contribution is -2.20. The highest BCUT2D eigenvalue weighted by Gasteiger charge is 2.39. The topological polar surface area (TPSA) is 44.8 Å².